The molecule has 1 aromatic carbocycles. The maximum atomic E-state index is 8.90. The van der Waals surface area contributed by atoms with Gasteiger partial charge in [-0.25, -0.2) is 0 Å². The van der Waals surface area contributed by atoms with E-state index in [9.17, 15) is 0 Å². The van der Waals surface area contributed by atoms with Crippen molar-refractivity contribution in [2.24, 2.45) is 0 Å². The van der Waals surface area contributed by atoms with E-state index in [1.165, 1.54) is 0 Å². The number of rotatable bonds is 2. The van der Waals surface area contributed by atoms with Crippen molar-refractivity contribution in [2.45, 2.75) is 0 Å². The maximum absolute atomic E-state index is 8.90. The van der Waals surface area contributed by atoms with Crippen molar-refractivity contribution in [3.63, 3.8) is 0 Å². The normalized spacial score (nSPS) is 10.9. The van der Waals surface area contributed by atoms with Gasteiger partial charge in [0.15, 0.2) is 0 Å². The fourth-order valence-corrected chi connectivity index (χ4v) is 1.54. The van der Waals surface area contributed by atoms with Crippen LogP contribution in [0.3, 0.4) is 0 Å². The molecule has 0 saturated heterocycles. The van der Waals surface area contributed by atoms with Crippen LogP contribution in [-0.4, -0.2) is 16.7 Å². The SMILES string of the molecule is N#Cc1cccc2[nH]c(C=CCO)cc12. The average molecular weight is 198 g/mol. The second kappa shape index (κ2) is 3.99. The lowest BCUT2D eigenvalue weighted by Gasteiger charge is -1.89. The van der Waals surface area contributed by atoms with Crippen LogP contribution in [0.2, 0.25) is 0 Å². The number of H-pyrrole nitrogens is 1. The molecule has 2 N–H and O–H groups in total. The van der Waals surface area contributed by atoms with Crippen LogP contribution in [0.4, 0.5) is 0 Å². The molecule has 0 aliphatic heterocycles. The molecule has 3 heteroatoms. The third-order valence-electron chi connectivity index (χ3n) is 2.21. The predicted octanol–water partition coefficient (Wildman–Crippen LogP) is 2.05. The number of aromatic nitrogens is 1. The molecular formula is C12H10N2O. The van der Waals surface area contributed by atoms with Gasteiger partial charge in [-0.15, -0.1) is 0 Å². The molecule has 15 heavy (non-hydrogen) atoms. The lowest BCUT2D eigenvalue weighted by Crippen LogP contribution is -1.74. The summed E-state index contributed by atoms with van der Waals surface area (Å²) in [6.07, 6.45) is 3.44. The average Bonchev–Trinajstić information content (AvgIpc) is 2.68. The number of nitrogens with one attached hydrogen (secondary N) is 1. The zero-order valence-corrected chi connectivity index (χ0v) is 8.07. The van der Waals surface area contributed by atoms with Gasteiger partial charge >= 0.3 is 0 Å². The van der Waals surface area contributed by atoms with Gasteiger partial charge in [0, 0.05) is 16.6 Å². The summed E-state index contributed by atoms with van der Waals surface area (Å²) >= 11 is 0. The Morgan fingerprint density at radius 3 is 3.07 bits per heavy atom. The maximum Gasteiger partial charge on any atom is 0.0998 e. The van der Waals surface area contributed by atoms with E-state index in [1.54, 1.807) is 18.2 Å². The number of fused-ring (bicyclic) bond motifs is 1. The third-order valence-corrected chi connectivity index (χ3v) is 2.21. The van der Waals surface area contributed by atoms with Crippen molar-refractivity contribution in [3.8, 4) is 6.07 Å². The molecule has 0 amide bonds. The Bertz CT molecular complexity index is 546. The highest BCUT2D eigenvalue weighted by Gasteiger charge is 2.02. The Morgan fingerprint density at radius 2 is 2.33 bits per heavy atom. The summed E-state index contributed by atoms with van der Waals surface area (Å²) in [5.74, 6) is 0. The van der Waals surface area contributed by atoms with E-state index in [-0.39, 0.29) is 6.61 Å². The van der Waals surface area contributed by atoms with Crippen molar-refractivity contribution in [1.29, 1.82) is 5.26 Å². The molecule has 0 atom stereocenters. The van der Waals surface area contributed by atoms with Gasteiger partial charge in [-0.05, 0) is 24.3 Å². The second-order valence-corrected chi connectivity index (χ2v) is 3.19. The summed E-state index contributed by atoms with van der Waals surface area (Å²) in [4.78, 5) is 3.16. The summed E-state index contributed by atoms with van der Waals surface area (Å²) in [7, 11) is 0. The Balaban J connectivity index is 2.56. The van der Waals surface area contributed by atoms with Crippen LogP contribution in [-0.2, 0) is 0 Å². The van der Waals surface area contributed by atoms with Crippen LogP contribution in [0.5, 0.6) is 0 Å². The number of nitriles is 1. The molecule has 0 saturated carbocycles. The highest BCUT2D eigenvalue weighted by molar-refractivity contribution is 5.87. The van der Waals surface area contributed by atoms with E-state index in [4.69, 9.17) is 10.4 Å². The Labute approximate surface area is 87.3 Å². The van der Waals surface area contributed by atoms with Crippen LogP contribution in [0.15, 0.2) is 30.3 Å². The first-order chi connectivity index (χ1) is 7.35. The molecule has 0 spiro atoms. The number of hydrogen-bond acceptors (Lipinski definition) is 2. The van der Waals surface area contributed by atoms with Gasteiger partial charge in [0.25, 0.3) is 0 Å². The van der Waals surface area contributed by atoms with Crippen molar-refractivity contribution < 1.29 is 5.11 Å². The number of aliphatic hydroxyl groups excluding tert-OH is 1. The van der Waals surface area contributed by atoms with Gasteiger partial charge in [-0.3, -0.25) is 0 Å². The summed E-state index contributed by atoms with van der Waals surface area (Å²) in [5.41, 5.74) is 2.49. The highest BCUT2D eigenvalue weighted by Crippen LogP contribution is 2.19. The fourth-order valence-electron chi connectivity index (χ4n) is 1.54. The van der Waals surface area contributed by atoms with Crippen molar-refractivity contribution in [1.82, 2.24) is 4.98 Å². The number of aliphatic hydroxyl groups is 1. The molecule has 1 heterocycles. The highest BCUT2D eigenvalue weighted by atomic mass is 16.2. The van der Waals surface area contributed by atoms with Crippen LogP contribution < -0.4 is 0 Å². The number of benzene rings is 1. The van der Waals surface area contributed by atoms with Crippen molar-refractivity contribution in [2.75, 3.05) is 6.61 Å². The lowest BCUT2D eigenvalue weighted by molar-refractivity contribution is 0.343. The smallest absolute Gasteiger partial charge is 0.0998 e. The van der Waals surface area contributed by atoms with E-state index < -0.39 is 0 Å². The minimum atomic E-state index is 0.0144. The predicted molar refractivity (Wildman–Crippen MR) is 59.1 cm³/mol. The monoisotopic (exact) mass is 198 g/mol. The largest absolute Gasteiger partial charge is 0.392 e. The van der Waals surface area contributed by atoms with Gasteiger partial charge in [-0.2, -0.15) is 5.26 Å². The Kier molecular flexibility index (Phi) is 2.53. The molecule has 0 aliphatic rings. The first-order valence-corrected chi connectivity index (χ1v) is 4.64. The van der Waals surface area contributed by atoms with E-state index >= 15 is 0 Å². The topological polar surface area (TPSA) is 59.8 Å². The Morgan fingerprint density at radius 1 is 1.47 bits per heavy atom. The van der Waals surface area contributed by atoms with Gasteiger partial charge in [0.1, 0.15) is 0 Å². The third kappa shape index (κ3) is 1.76. The fraction of sp³-hybridized carbons (Fsp3) is 0.0833. The van der Waals surface area contributed by atoms with Crippen LogP contribution in [0.1, 0.15) is 11.3 Å². The number of nitrogens with zero attached hydrogens (tertiary/aromatic N) is 1. The molecular weight excluding hydrogens is 188 g/mol. The molecule has 1 aromatic heterocycles. The zero-order valence-electron chi connectivity index (χ0n) is 8.07. The van der Waals surface area contributed by atoms with E-state index in [0.29, 0.717) is 5.56 Å². The second-order valence-electron chi connectivity index (χ2n) is 3.19. The minimum absolute atomic E-state index is 0.0144. The molecule has 0 aliphatic carbocycles. The summed E-state index contributed by atoms with van der Waals surface area (Å²) in [6.45, 7) is 0.0144. The van der Waals surface area contributed by atoms with E-state index in [0.717, 1.165) is 16.6 Å². The number of hydrogen-bond donors (Lipinski definition) is 2. The molecule has 3 nitrogen and oxygen atoms in total. The summed E-state index contributed by atoms with van der Waals surface area (Å²) < 4.78 is 0. The molecule has 2 rings (SSSR count). The standard InChI is InChI=1S/C12H10N2O/c13-8-9-3-1-5-12-11(9)7-10(14-12)4-2-6-15/h1-5,7,14-15H,6H2. The minimum Gasteiger partial charge on any atom is -0.392 e. The Hall–Kier alpha value is -2.05. The molecule has 74 valence electrons. The van der Waals surface area contributed by atoms with Gasteiger partial charge in [0.2, 0.25) is 0 Å². The molecule has 0 bridgehead atoms. The molecule has 0 unspecified atom stereocenters. The van der Waals surface area contributed by atoms with E-state index in [1.807, 2.05) is 18.2 Å². The summed E-state index contributed by atoms with van der Waals surface area (Å²) in [6, 6.07) is 9.60. The van der Waals surface area contributed by atoms with Crippen LogP contribution in [0, 0.1) is 11.3 Å². The van der Waals surface area contributed by atoms with Gasteiger partial charge in [-0.1, -0.05) is 12.1 Å². The zero-order chi connectivity index (χ0) is 10.7. The lowest BCUT2D eigenvalue weighted by atomic mass is 10.1. The van der Waals surface area contributed by atoms with Crippen LogP contribution in [0.25, 0.3) is 17.0 Å². The van der Waals surface area contributed by atoms with Crippen LogP contribution >= 0.6 is 0 Å². The van der Waals surface area contributed by atoms with Crippen molar-refractivity contribution in [3.05, 3.63) is 41.6 Å². The van der Waals surface area contributed by atoms with Gasteiger partial charge < -0.3 is 10.1 Å². The quantitative estimate of drug-likeness (QED) is 0.775. The number of aromatic amines is 1. The first kappa shape index (κ1) is 9.50. The van der Waals surface area contributed by atoms with E-state index in [2.05, 4.69) is 11.1 Å². The molecule has 0 fully saturated rings. The van der Waals surface area contributed by atoms with Crippen molar-refractivity contribution >= 4 is 17.0 Å². The molecule has 0 radical (unpaired) electrons. The summed E-state index contributed by atoms with van der Waals surface area (Å²) in [5, 5.41) is 18.5. The van der Waals surface area contributed by atoms with Gasteiger partial charge in [0.05, 0.1) is 18.2 Å². The molecule has 2 aromatic rings. The first-order valence-electron chi connectivity index (χ1n) is 4.64.